The Bertz CT molecular complexity index is 753. The standard InChI is InChI=1S/C20H24N2O2/c23-20-16-18-11-4-5-12-19(18)22(20)24-15-14-21-13-7-6-10-17-8-2-1-3-9-17/h1-5,8-9,11-12,16,21,23H,6-7,10,13-15H2. The van der Waals surface area contributed by atoms with Crippen LogP contribution in [0.25, 0.3) is 10.9 Å². The van der Waals surface area contributed by atoms with Crippen molar-refractivity contribution in [1.82, 2.24) is 10.0 Å². The van der Waals surface area contributed by atoms with Crippen LogP contribution in [0.1, 0.15) is 18.4 Å². The van der Waals surface area contributed by atoms with E-state index in [1.165, 1.54) is 16.7 Å². The molecule has 0 saturated carbocycles. The molecular weight excluding hydrogens is 300 g/mol. The third kappa shape index (κ3) is 4.30. The van der Waals surface area contributed by atoms with Crippen LogP contribution in [0, 0.1) is 0 Å². The summed E-state index contributed by atoms with van der Waals surface area (Å²) in [6.07, 6.45) is 3.45. The Morgan fingerprint density at radius 3 is 2.58 bits per heavy atom. The number of hydrogen-bond acceptors (Lipinski definition) is 3. The van der Waals surface area contributed by atoms with Gasteiger partial charge in [-0.3, -0.25) is 0 Å². The van der Waals surface area contributed by atoms with Gasteiger partial charge in [0.2, 0.25) is 5.88 Å². The second-order valence-corrected chi connectivity index (χ2v) is 5.88. The van der Waals surface area contributed by atoms with Crippen molar-refractivity contribution in [2.75, 3.05) is 19.7 Å². The highest BCUT2D eigenvalue weighted by Gasteiger charge is 2.07. The Hall–Kier alpha value is -2.46. The van der Waals surface area contributed by atoms with Gasteiger partial charge in [0.05, 0.1) is 5.52 Å². The summed E-state index contributed by atoms with van der Waals surface area (Å²) in [6.45, 7) is 2.26. The number of fused-ring (bicyclic) bond motifs is 1. The van der Waals surface area contributed by atoms with Crippen LogP contribution in [0.5, 0.6) is 5.88 Å². The SMILES string of the molecule is Oc1cc2ccccc2n1OCCNCCCCc1ccccc1. The van der Waals surface area contributed by atoms with Crippen molar-refractivity contribution in [3.8, 4) is 5.88 Å². The Balaban J connectivity index is 1.32. The van der Waals surface area contributed by atoms with E-state index < -0.39 is 0 Å². The fourth-order valence-corrected chi connectivity index (χ4v) is 2.81. The zero-order valence-corrected chi connectivity index (χ0v) is 13.8. The maximum atomic E-state index is 9.93. The molecule has 1 heterocycles. The summed E-state index contributed by atoms with van der Waals surface area (Å²) in [5, 5.41) is 14.3. The van der Waals surface area contributed by atoms with Crippen molar-refractivity contribution in [3.63, 3.8) is 0 Å². The molecule has 0 aliphatic carbocycles. The van der Waals surface area contributed by atoms with E-state index in [0.717, 1.165) is 36.8 Å². The van der Waals surface area contributed by atoms with Gasteiger partial charge >= 0.3 is 0 Å². The summed E-state index contributed by atoms with van der Waals surface area (Å²) in [5.41, 5.74) is 2.29. The monoisotopic (exact) mass is 324 g/mol. The molecule has 0 atom stereocenters. The largest absolute Gasteiger partial charge is 0.492 e. The van der Waals surface area contributed by atoms with E-state index in [1.54, 1.807) is 6.07 Å². The number of nitrogens with zero attached hydrogens (tertiary/aromatic N) is 1. The van der Waals surface area contributed by atoms with Gasteiger partial charge in [-0.2, -0.15) is 0 Å². The van der Waals surface area contributed by atoms with Gasteiger partial charge in [-0.05, 0) is 37.4 Å². The van der Waals surface area contributed by atoms with Crippen LogP contribution in [0.15, 0.2) is 60.7 Å². The zero-order chi connectivity index (χ0) is 16.6. The van der Waals surface area contributed by atoms with Gasteiger partial charge in [-0.25, -0.2) is 0 Å². The predicted octanol–water partition coefficient (Wildman–Crippen LogP) is 3.39. The Morgan fingerprint density at radius 2 is 1.71 bits per heavy atom. The molecule has 1 aromatic heterocycles. The second-order valence-electron chi connectivity index (χ2n) is 5.88. The molecule has 2 N–H and O–H groups in total. The first kappa shape index (κ1) is 16.4. The molecule has 126 valence electrons. The minimum absolute atomic E-state index is 0.138. The molecule has 4 nitrogen and oxygen atoms in total. The van der Waals surface area contributed by atoms with Crippen LogP contribution in [0.4, 0.5) is 0 Å². The highest BCUT2D eigenvalue weighted by Crippen LogP contribution is 2.22. The Labute approximate surface area is 142 Å². The number of unbranched alkanes of at least 4 members (excludes halogenated alkanes) is 1. The van der Waals surface area contributed by atoms with Gasteiger partial charge in [0, 0.05) is 18.0 Å². The van der Waals surface area contributed by atoms with Gasteiger partial charge < -0.3 is 15.3 Å². The summed E-state index contributed by atoms with van der Waals surface area (Å²) < 4.78 is 1.49. The summed E-state index contributed by atoms with van der Waals surface area (Å²) in [5.74, 6) is 0.138. The van der Waals surface area contributed by atoms with Crippen molar-refractivity contribution in [2.24, 2.45) is 0 Å². The number of aryl methyl sites for hydroxylation is 1. The van der Waals surface area contributed by atoms with Crippen LogP contribution < -0.4 is 10.2 Å². The van der Waals surface area contributed by atoms with Crippen LogP contribution in [0.3, 0.4) is 0 Å². The van der Waals surface area contributed by atoms with Gasteiger partial charge in [-0.1, -0.05) is 48.5 Å². The average molecular weight is 324 g/mol. The minimum atomic E-state index is 0.138. The molecule has 3 aromatic rings. The van der Waals surface area contributed by atoms with E-state index >= 15 is 0 Å². The summed E-state index contributed by atoms with van der Waals surface area (Å²) in [4.78, 5) is 5.67. The fourth-order valence-electron chi connectivity index (χ4n) is 2.81. The van der Waals surface area contributed by atoms with Crippen LogP contribution >= 0.6 is 0 Å². The fraction of sp³-hybridized carbons (Fsp3) is 0.300. The highest BCUT2D eigenvalue weighted by molar-refractivity contribution is 5.81. The molecule has 0 bridgehead atoms. The summed E-state index contributed by atoms with van der Waals surface area (Å²) in [7, 11) is 0. The van der Waals surface area contributed by atoms with Crippen LogP contribution in [-0.2, 0) is 6.42 Å². The predicted molar refractivity (Wildman–Crippen MR) is 97.3 cm³/mol. The molecule has 0 fully saturated rings. The number of aromatic hydroxyl groups is 1. The van der Waals surface area contributed by atoms with E-state index in [2.05, 4.69) is 35.6 Å². The van der Waals surface area contributed by atoms with Crippen molar-refractivity contribution < 1.29 is 9.94 Å². The lowest BCUT2D eigenvalue weighted by Gasteiger charge is -2.10. The lowest BCUT2D eigenvalue weighted by atomic mass is 10.1. The number of rotatable bonds is 9. The van der Waals surface area contributed by atoms with Gasteiger partial charge in [0.15, 0.2) is 0 Å². The van der Waals surface area contributed by atoms with Crippen molar-refractivity contribution in [3.05, 3.63) is 66.2 Å². The smallest absolute Gasteiger partial charge is 0.226 e. The third-order valence-electron chi connectivity index (χ3n) is 4.06. The van der Waals surface area contributed by atoms with E-state index in [9.17, 15) is 5.11 Å². The zero-order valence-electron chi connectivity index (χ0n) is 13.8. The van der Waals surface area contributed by atoms with Crippen molar-refractivity contribution in [2.45, 2.75) is 19.3 Å². The molecule has 0 amide bonds. The quantitative estimate of drug-likeness (QED) is 0.593. The van der Waals surface area contributed by atoms with E-state index in [0.29, 0.717) is 6.61 Å². The first-order chi connectivity index (χ1) is 11.8. The number of nitrogens with one attached hydrogen (secondary N) is 1. The van der Waals surface area contributed by atoms with E-state index in [-0.39, 0.29) is 5.88 Å². The van der Waals surface area contributed by atoms with Crippen molar-refractivity contribution in [1.29, 1.82) is 0 Å². The molecular formula is C20H24N2O2. The average Bonchev–Trinajstić information content (AvgIpc) is 2.93. The van der Waals surface area contributed by atoms with E-state index in [1.807, 2.05) is 24.3 Å². The highest BCUT2D eigenvalue weighted by atomic mass is 16.7. The molecule has 3 rings (SSSR count). The number of hydrogen-bond donors (Lipinski definition) is 2. The lowest BCUT2D eigenvalue weighted by molar-refractivity contribution is 0.103. The number of para-hydroxylation sites is 1. The second kappa shape index (κ2) is 8.41. The first-order valence-electron chi connectivity index (χ1n) is 8.52. The van der Waals surface area contributed by atoms with E-state index in [4.69, 9.17) is 4.84 Å². The summed E-state index contributed by atoms with van der Waals surface area (Å²) >= 11 is 0. The molecule has 24 heavy (non-hydrogen) atoms. The Morgan fingerprint density at radius 1 is 0.917 bits per heavy atom. The molecule has 0 aliphatic rings. The third-order valence-corrected chi connectivity index (χ3v) is 4.06. The molecule has 0 aliphatic heterocycles. The van der Waals surface area contributed by atoms with Gasteiger partial charge in [-0.15, -0.1) is 4.73 Å². The molecule has 0 spiro atoms. The topological polar surface area (TPSA) is 46.4 Å². The summed E-state index contributed by atoms with van der Waals surface area (Å²) in [6, 6.07) is 20.1. The van der Waals surface area contributed by atoms with Crippen LogP contribution in [-0.4, -0.2) is 29.5 Å². The van der Waals surface area contributed by atoms with Gasteiger partial charge in [0.25, 0.3) is 0 Å². The number of benzene rings is 2. The molecule has 4 heteroatoms. The van der Waals surface area contributed by atoms with Gasteiger partial charge in [0.1, 0.15) is 6.61 Å². The Kier molecular flexibility index (Phi) is 5.75. The number of aromatic nitrogens is 1. The normalized spacial score (nSPS) is 11.0. The minimum Gasteiger partial charge on any atom is -0.492 e. The molecule has 0 unspecified atom stereocenters. The van der Waals surface area contributed by atoms with Crippen LogP contribution in [0.2, 0.25) is 0 Å². The molecule has 2 aromatic carbocycles. The maximum Gasteiger partial charge on any atom is 0.226 e. The maximum absolute atomic E-state index is 9.93. The first-order valence-corrected chi connectivity index (χ1v) is 8.52. The molecule has 0 radical (unpaired) electrons. The van der Waals surface area contributed by atoms with Crippen molar-refractivity contribution >= 4 is 10.9 Å². The molecule has 0 saturated heterocycles. The lowest BCUT2D eigenvalue weighted by Crippen LogP contribution is -2.25.